The van der Waals surface area contributed by atoms with Crippen LogP contribution in [0.5, 0.6) is 0 Å². The molecule has 0 saturated heterocycles. The molecule has 1 rings (SSSR count). The minimum atomic E-state index is -0.207. The molecule has 1 aromatic carbocycles. The van der Waals surface area contributed by atoms with E-state index in [0.717, 1.165) is 19.3 Å². The van der Waals surface area contributed by atoms with E-state index < -0.39 is 0 Å². The highest BCUT2D eigenvalue weighted by Crippen LogP contribution is 2.01. The maximum Gasteiger partial charge on any atom is 0.229 e. The molecular weight excluding hydrogens is 240 g/mol. The Morgan fingerprint density at radius 3 is 2.26 bits per heavy atom. The summed E-state index contributed by atoms with van der Waals surface area (Å²) in [7, 11) is 0. The number of rotatable bonds is 8. The fourth-order valence-electron chi connectivity index (χ4n) is 1.70. The van der Waals surface area contributed by atoms with Crippen LogP contribution >= 0.6 is 0 Å². The first-order valence-corrected chi connectivity index (χ1v) is 6.79. The van der Waals surface area contributed by atoms with Crippen molar-refractivity contribution in [3.8, 4) is 0 Å². The Morgan fingerprint density at radius 1 is 1.00 bits per heavy atom. The van der Waals surface area contributed by atoms with Gasteiger partial charge < -0.3 is 10.6 Å². The maximum absolute atomic E-state index is 11.5. The monoisotopic (exact) mass is 262 g/mol. The SMILES string of the molecule is CCCNC(=O)CC(=O)NCCCc1ccccc1. The lowest BCUT2D eigenvalue weighted by Gasteiger charge is -2.06. The molecule has 0 fully saturated rings. The van der Waals surface area contributed by atoms with Gasteiger partial charge in [0.25, 0.3) is 0 Å². The standard InChI is InChI=1S/C15H22N2O2/c1-2-10-16-14(18)12-15(19)17-11-6-9-13-7-4-3-5-8-13/h3-5,7-8H,2,6,9-12H2,1H3,(H,16,18)(H,17,19). The van der Waals surface area contributed by atoms with Crippen molar-refractivity contribution in [2.75, 3.05) is 13.1 Å². The molecule has 0 aliphatic rings. The lowest BCUT2D eigenvalue weighted by atomic mass is 10.1. The normalized spacial score (nSPS) is 9.95. The minimum Gasteiger partial charge on any atom is -0.356 e. The number of hydrogen-bond donors (Lipinski definition) is 2. The van der Waals surface area contributed by atoms with Crippen LogP contribution in [0.4, 0.5) is 0 Å². The van der Waals surface area contributed by atoms with E-state index in [1.807, 2.05) is 25.1 Å². The van der Waals surface area contributed by atoms with Gasteiger partial charge in [0, 0.05) is 13.1 Å². The zero-order chi connectivity index (χ0) is 13.9. The van der Waals surface area contributed by atoms with E-state index in [9.17, 15) is 9.59 Å². The zero-order valence-corrected chi connectivity index (χ0v) is 11.4. The largest absolute Gasteiger partial charge is 0.356 e. The topological polar surface area (TPSA) is 58.2 Å². The van der Waals surface area contributed by atoms with Gasteiger partial charge in [-0.3, -0.25) is 9.59 Å². The van der Waals surface area contributed by atoms with Gasteiger partial charge in [0.15, 0.2) is 0 Å². The van der Waals surface area contributed by atoms with Crippen LogP contribution in [0.1, 0.15) is 31.7 Å². The minimum absolute atomic E-state index is 0.0780. The van der Waals surface area contributed by atoms with E-state index in [1.165, 1.54) is 5.56 Å². The summed E-state index contributed by atoms with van der Waals surface area (Å²) in [6.45, 7) is 3.21. The third-order valence-electron chi connectivity index (χ3n) is 2.70. The van der Waals surface area contributed by atoms with Gasteiger partial charge >= 0.3 is 0 Å². The van der Waals surface area contributed by atoms with Crippen LogP contribution in [0.3, 0.4) is 0 Å². The molecule has 2 N–H and O–H groups in total. The van der Waals surface area contributed by atoms with E-state index in [1.54, 1.807) is 0 Å². The molecule has 104 valence electrons. The van der Waals surface area contributed by atoms with Gasteiger partial charge in [-0.25, -0.2) is 0 Å². The number of benzene rings is 1. The average Bonchev–Trinajstić information content (AvgIpc) is 2.42. The van der Waals surface area contributed by atoms with Crippen molar-refractivity contribution in [1.82, 2.24) is 10.6 Å². The number of amides is 2. The van der Waals surface area contributed by atoms with Gasteiger partial charge in [0.05, 0.1) is 0 Å². The van der Waals surface area contributed by atoms with E-state index in [-0.39, 0.29) is 18.2 Å². The molecule has 4 heteroatoms. The highest BCUT2D eigenvalue weighted by atomic mass is 16.2. The summed E-state index contributed by atoms with van der Waals surface area (Å²) in [4.78, 5) is 22.8. The van der Waals surface area contributed by atoms with Crippen molar-refractivity contribution < 1.29 is 9.59 Å². The highest BCUT2D eigenvalue weighted by Gasteiger charge is 2.07. The molecule has 0 saturated carbocycles. The molecule has 4 nitrogen and oxygen atoms in total. The van der Waals surface area contributed by atoms with Crippen LogP contribution in [0.15, 0.2) is 30.3 Å². The first-order chi connectivity index (χ1) is 9.22. The van der Waals surface area contributed by atoms with E-state index in [2.05, 4.69) is 22.8 Å². The van der Waals surface area contributed by atoms with E-state index in [4.69, 9.17) is 0 Å². The summed E-state index contributed by atoms with van der Waals surface area (Å²) < 4.78 is 0. The van der Waals surface area contributed by atoms with Gasteiger partial charge in [-0.1, -0.05) is 37.3 Å². The Bertz CT molecular complexity index is 390. The van der Waals surface area contributed by atoms with Crippen LogP contribution in [0, 0.1) is 0 Å². The molecule has 0 atom stereocenters. The number of carbonyl (C=O) groups is 2. The predicted molar refractivity (Wildman–Crippen MR) is 75.7 cm³/mol. The van der Waals surface area contributed by atoms with Crippen LogP contribution in [-0.4, -0.2) is 24.9 Å². The molecule has 0 spiro atoms. The predicted octanol–water partition coefficient (Wildman–Crippen LogP) is 1.65. The lowest BCUT2D eigenvalue weighted by molar-refractivity contribution is -0.129. The second-order valence-corrected chi connectivity index (χ2v) is 4.47. The van der Waals surface area contributed by atoms with Gasteiger partial charge in [-0.2, -0.15) is 0 Å². The second-order valence-electron chi connectivity index (χ2n) is 4.47. The Morgan fingerprint density at radius 2 is 1.63 bits per heavy atom. The number of hydrogen-bond acceptors (Lipinski definition) is 2. The Hall–Kier alpha value is -1.84. The quantitative estimate of drug-likeness (QED) is 0.553. The number of carbonyl (C=O) groups excluding carboxylic acids is 2. The van der Waals surface area contributed by atoms with Crippen molar-refractivity contribution >= 4 is 11.8 Å². The maximum atomic E-state index is 11.5. The summed E-state index contributed by atoms with van der Waals surface area (Å²) in [5.41, 5.74) is 1.26. The molecule has 19 heavy (non-hydrogen) atoms. The summed E-state index contributed by atoms with van der Waals surface area (Å²) in [6, 6.07) is 10.1. The third-order valence-corrected chi connectivity index (χ3v) is 2.70. The molecule has 0 aliphatic heterocycles. The van der Waals surface area contributed by atoms with Crippen molar-refractivity contribution in [2.24, 2.45) is 0 Å². The van der Waals surface area contributed by atoms with Crippen LogP contribution in [-0.2, 0) is 16.0 Å². The van der Waals surface area contributed by atoms with Crippen LogP contribution in [0.25, 0.3) is 0 Å². The van der Waals surface area contributed by atoms with Gasteiger partial charge in [-0.15, -0.1) is 0 Å². The third kappa shape index (κ3) is 7.24. The van der Waals surface area contributed by atoms with Crippen molar-refractivity contribution in [3.05, 3.63) is 35.9 Å². The molecule has 1 aromatic rings. The molecule has 0 aromatic heterocycles. The molecule has 0 aliphatic carbocycles. The van der Waals surface area contributed by atoms with Crippen molar-refractivity contribution in [3.63, 3.8) is 0 Å². The molecule has 0 unspecified atom stereocenters. The second kappa shape index (κ2) is 9.14. The van der Waals surface area contributed by atoms with Crippen molar-refractivity contribution in [1.29, 1.82) is 0 Å². The van der Waals surface area contributed by atoms with Crippen LogP contribution < -0.4 is 10.6 Å². The first-order valence-electron chi connectivity index (χ1n) is 6.79. The highest BCUT2D eigenvalue weighted by molar-refractivity contribution is 5.96. The molecular formula is C15H22N2O2. The number of aryl methyl sites for hydroxylation is 1. The Labute approximate surface area is 114 Å². The molecule has 2 amide bonds. The van der Waals surface area contributed by atoms with E-state index in [0.29, 0.717) is 13.1 Å². The fraction of sp³-hybridized carbons (Fsp3) is 0.467. The lowest BCUT2D eigenvalue weighted by Crippen LogP contribution is -2.32. The molecule has 0 bridgehead atoms. The van der Waals surface area contributed by atoms with Gasteiger partial charge in [0.1, 0.15) is 6.42 Å². The number of nitrogens with one attached hydrogen (secondary N) is 2. The van der Waals surface area contributed by atoms with Gasteiger partial charge in [0.2, 0.25) is 11.8 Å². The summed E-state index contributed by atoms with van der Waals surface area (Å²) >= 11 is 0. The van der Waals surface area contributed by atoms with Crippen LogP contribution in [0.2, 0.25) is 0 Å². The van der Waals surface area contributed by atoms with Gasteiger partial charge in [-0.05, 0) is 24.8 Å². The molecule has 0 heterocycles. The molecule has 0 radical (unpaired) electrons. The van der Waals surface area contributed by atoms with Crippen molar-refractivity contribution in [2.45, 2.75) is 32.6 Å². The fourth-order valence-corrected chi connectivity index (χ4v) is 1.70. The summed E-state index contributed by atoms with van der Waals surface area (Å²) in [5.74, 6) is -0.413. The smallest absolute Gasteiger partial charge is 0.229 e. The zero-order valence-electron chi connectivity index (χ0n) is 11.4. The Balaban J connectivity index is 2.09. The summed E-state index contributed by atoms with van der Waals surface area (Å²) in [6.07, 6.45) is 2.62. The Kier molecular flexibility index (Phi) is 7.32. The average molecular weight is 262 g/mol. The summed E-state index contributed by atoms with van der Waals surface area (Å²) in [5, 5.41) is 5.44. The first kappa shape index (κ1) is 15.2. The van der Waals surface area contributed by atoms with E-state index >= 15 is 0 Å².